The molecular formula is C17H21N3O3. The third kappa shape index (κ3) is 4.95. The second-order valence-electron chi connectivity index (χ2n) is 4.78. The first-order chi connectivity index (χ1) is 11.2. The molecule has 1 heterocycles. The lowest BCUT2D eigenvalue weighted by atomic mass is 10.1. The number of nitrogens with zero attached hydrogens (tertiary/aromatic N) is 2. The Balaban J connectivity index is 1.97. The summed E-state index contributed by atoms with van der Waals surface area (Å²) in [5.41, 5.74) is 1.52. The van der Waals surface area contributed by atoms with E-state index >= 15 is 0 Å². The SMILES string of the molecule is CCOc1ccc(C(=O)NCCc2cncnc2)cc1OCC. The minimum absolute atomic E-state index is 0.147. The van der Waals surface area contributed by atoms with Gasteiger partial charge in [0.2, 0.25) is 0 Å². The van der Waals surface area contributed by atoms with Gasteiger partial charge in [-0.1, -0.05) is 0 Å². The fourth-order valence-electron chi connectivity index (χ4n) is 2.07. The number of rotatable bonds is 8. The summed E-state index contributed by atoms with van der Waals surface area (Å²) < 4.78 is 11.0. The lowest BCUT2D eigenvalue weighted by molar-refractivity contribution is 0.0953. The van der Waals surface area contributed by atoms with Gasteiger partial charge in [-0.2, -0.15) is 0 Å². The molecule has 0 saturated heterocycles. The Bertz CT molecular complexity index is 632. The van der Waals surface area contributed by atoms with Crippen LogP contribution >= 0.6 is 0 Å². The largest absolute Gasteiger partial charge is 0.490 e. The van der Waals surface area contributed by atoms with Crippen molar-refractivity contribution in [2.45, 2.75) is 20.3 Å². The molecule has 0 aliphatic carbocycles. The number of carbonyl (C=O) groups is 1. The molecule has 6 heteroatoms. The summed E-state index contributed by atoms with van der Waals surface area (Å²) in [5, 5.41) is 2.88. The summed E-state index contributed by atoms with van der Waals surface area (Å²) in [4.78, 5) is 20.1. The smallest absolute Gasteiger partial charge is 0.251 e. The van der Waals surface area contributed by atoms with Gasteiger partial charge < -0.3 is 14.8 Å². The maximum Gasteiger partial charge on any atom is 0.251 e. The van der Waals surface area contributed by atoms with Crippen LogP contribution in [0.1, 0.15) is 29.8 Å². The predicted molar refractivity (Wildman–Crippen MR) is 86.8 cm³/mol. The highest BCUT2D eigenvalue weighted by molar-refractivity contribution is 5.94. The number of hydrogen-bond donors (Lipinski definition) is 1. The van der Waals surface area contributed by atoms with Gasteiger partial charge in [0.25, 0.3) is 5.91 Å². The Morgan fingerprint density at radius 2 is 1.78 bits per heavy atom. The van der Waals surface area contributed by atoms with Gasteiger partial charge in [-0.25, -0.2) is 9.97 Å². The van der Waals surface area contributed by atoms with Crippen LogP contribution in [-0.4, -0.2) is 35.6 Å². The van der Waals surface area contributed by atoms with E-state index in [-0.39, 0.29) is 5.91 Å². The third-order valence-electron chi connectivity index (χ3n) is 3.12. The second-order valence-corrected chi connectivity index (χ2v) is 4.78. The Labute approximate surface area is 135 Å². The van der Waals surface area contributed by atoms with Crippen molar-refractivity contribution in [3.05, 3.63) is 48.0 Å². The molecule has 0 bridgehead atoms. The zero-order valence-corrected chi connectivity index (χ0v) is 13.4. The van der Waals surface area contributed by atoms with E-state index in [4.69, 9.17) is 9.47 Å². The Morgan fingerprint density at radius 3 is 2.48 bits per heavy atom. The van der Waals surface area contributed by atoms with Crippen LogP contribution in [0, 0.1) is 0 Å². The summed E-state index contributed by atoms with van der Waals surface area (Å²) in [6, 6.07) is 5.19. The maximum atomic E-state index is 12.2. The quantitative estimate of drug-likeness (QED) is 0.809. The van der Waals surface area contributed by atoms with Crippen molar-refractivity contribution in [3.63, 3.8) is 0 Å². The van der Waals surface area contributed by atoms with Crippen molar-refractivity contribution >= 4 is 5.91 Å². The number of benzene rings is 1. The molecule has 1 aromatic heterocycles. The van der Waals surface area contributed by atoms with Gasteiger partial charge in [0.15, 0.2) is 11.5 Å². The molecule has 0 saturated carbocycles. The Hall–Kier alpha value is -2.63. The van der Waals surface area contributed by atoms with Crippen LogP contribution in [0.2, 0.25) is 0 Å². The summed E-state index contributed by atoms with van der Waals surface area (Å²) in [6.07, 6.45) is 5.64. The molecule has 0 unspecified atom stereocenters. The van der Waals surface area contributed by atoms with Gasteiger partial charge in [-0.3, -0.25) is 4.79 Å². The number of carbonyl (C=O) groups excluding carboxylic acids is 1. The van der Waals surface area contributed by atoms with E-state index in [1.54, 1.807) is 30.6 Å². The molecule has 0 spiro atoms. The normalized spacial score (nSPS) is 10.2. The molecule has 122 valence electrons. The summed E-state index contributed by atoms with van der Waals surface area (Å²) >= 11 is 0. The number of nitrogens with one attached hydrogen (secondary N) is 1. The fraction of sp³-hybridized carbons (Fsp3) is 0.353. The topological polar surface area (TPSA) is 73.3 Å². The molecule has 1 aromatic carbocycles. The minimum atomic E-state index is -0.147. The molecule has 0 atom stereocenters. The van der Waals surface area contributed by atoms with Crippen LogP contribution in [0.5, 0.6) is 11.5 Å². The molecule has 1 amide bonds. The van der Waals surface area contributed by atoms with Crippen molar-refractivity contribution in [3.8, 4) is 11.5 Å². The van der Waals surface area contributed by atoms with Crippen LogP contribution in [0.3, 0.4) is 0 Å². The predicted octanol–water partition coefficient (Wildman–Crippen LogP) is 2.25. The molecule has 6 nitrogen and oxygen atoms in total. The van der Waals surface area contributed by atoms with Crippen molar-refractivity contribution in [1.29, 1.82) is 0 Å². The molecule has 0 aliphatic heterocycles. The van der Waals surface area contributed by atoms with E-state index in [0.717, 1.165) is 5.56 Å². The molecule has 1 N–H and O–H groups in total. The molecule has 0 aliphatic rings. The van der Waals surface area contributed by atoms with Gasteiger partial charge in [-0.15, -0.1) is 0 Å². The lowest BCUT2D eigenvalue weighted by Gasteiger charge is -2.12. The fourth-order valence-corrected chi connectivity index (χ4v) is 2.07. The monoisotopic (exact) mass is 315 g/mol. The number of hydrogen-bond acceptors (Lipinski definition) is 5. The number of ether oxygens (including phenoxy) is 2. The van der Waals surface area contributed by atoms with E-state index in [9.17, 15) is 4.79 Å². The standard InChI is InChI=1S/C17H21N3O3/c1-3-22-15-6-5-14(9-16(15)23-4-2)17(21)20-8-7-13-10-18-12-19-11-13/h5-6,9-12H,3-4,7-8H2,1-2H3,(H,20,21). The van der Waals surface area contributed by atoms with Crippen LogP contribution in [-0.2, 0) is 6.42 Å². The minimum Gasteiger partial charge on any atom is -0.490 e. The average molecular weight is 315 g/mol. The van der Waals surface area contributed by atoms with Gasteiger partial charge in [-0.05, 0) is 44.0 Å². The van der Waals surface area contributed by atoms with Gasteiger partial charge in [0.05, 0.1) is 13.2 Å². The maximum absolute atomic E-state index is 12.2. The highest BCUT2D eigenvalue weighted by Crippen LogP contribution is 2.28. The number of amides is 1. The van der Waals surface area contributed by atoms with E-state index in [0.29, 0.717) is 43.2 Å². The zero-order valence-electron chi connectivity index (χ0n) is 13.4. The summed E-state index contributed by atoms with van der Waals surface area (Å²) in [5.74, 6) is 1.08. The molecule has 2 aromatic rings. The highest BCUT2D eigenvalue weighted by atomic mass is 16.5. The summed E-state index contributed by atoms with van der Waals surface area (Å²) in [7, 11) is 0. The molecule has 2 rings (SSSR count). The zero-order chi connectivity index (χ0) is 16.5. The first-order valence-corrected chi connectivity index (χ1v) is 7.66. The van der Waals surface area contributed by atoms with E-state index in [2.05, 4.69) is 15.3 Å². The van der Waals surface area contributed by atoms with Gasteiger partial charge >= 0.3 is 0 Å². The Kier molecular flexibility index (Phi) is 6.35. The van der Waals surface area contributed by atoms with Crippen molar-refractivity contribution in [2.24, 2.45) is 0 Å². The van der Waals surface area contributed by atoms with E-state index in [1.807, 2.05) is 13.8 Å². The lowest BCUT2D eigenvalue weighted by Crippen LogP contribution is -2.25. The second kappa shape index (κ2) is 8.73. The highest BCUT2D eigenvalue weighted by Gasteiger charge is 2.11. The molecule has 0 radical (unpaired) electrons. The van der Waals surface area contributed by atoms with E-state index in [1.165, 1.54) is 6.33 Å². The Morgan fingerprint density at radius 1 is 1.09 bits per heavy atom. The molecule has 0 fully saturated rings. The first kappa shape index (κ1) is 16.7. The van der Waals surface area contributed by atoms with Crippen molar-refractivity contribution < 1.29 is 14.3 Å². The van der Waals surface area contributed by atoms with Crippen LogP contribution < -0.4 is 14.8 Å². The first-order valence-electron chi connectivity index (χ1n) is 7.66. The van der Waals surface area contributed by atoms with Crippen molar-refractivity contribution in [1.82, 2.24) is 15.3 Å². The number of aromatic nitrogens is 2. The average Bonchev–Trinajstić information content (AvgIpc) is 2.58. The van der Waals surface area contributed by atoms with Gasteiger partial charge in [0.1, 0.15) is 6.33 Å². The third-order valence-corrected chi connectivity index (χ3v) is 3.12. The molecular weight excluding hydrogens is 294 g/mol. The van der Waals surface area contributed by atoms with Crippen LogP contribution in [0.15, 0.2) is 36.9 Å². The molecule has 23 heavy (non-hydrogen) atoms. The van der Waals surface area contributed by atoms with E-state index < -0.39 is 0 Å². The summed E-state index contributed by atoms with van der Waals surface area (Å²) in [6.45, 7) is 5.38. The van der Waals surface area contributed by atoms with Gasteiger partial charge in [0, 0.05) is 24.5 Å². The van der Waals surface area contributed by atoms with Crippen LogP contribution in [0.25, 0.3) is 0 Å². The van der Waals surface area contributed by atoms with Crippen LogP contribution in [0.4, 0.5) is 0 Å². The van der Waals surface area contributed by atoms with Crippen molar-refractivity contribution in [2.75, 3.05) is 19.8 Å².